The highest BCUT2D eigenvalue weighted by Gasteiger charge is 2.04. The van der Waals surface area contributed by atoms with Crippen LogP contribution in [0, 0.1) is 0 Å². The number of nitrogen functional groups attached to an aromatic ring is 1. The lowest BCUT2D eigenvalue weighted by Crippen LogP contribution is -2.21. The van der Waals surface area contributed by atoms with Crippen molar-refractivity contribution in [2.75, 3.05) is 5.73 Å². The van der Waals surface area contributed by atoms with Gasteiger partial charge in [0.25, 0.3) is 0 Å². The summed E-state index contributed by atoms with van der Waals surface area (Å²) in [5.74, 6) is 0.450. The van der Waals surface area contributed by atoms with Crippen LogP contribution in [0.25, 0.3) is 5.52 Å². The summed E-state index contributed by atoms with van der Waals surface area (Å²) < 4.78 is 1.66. The Bertz CT molecular complexity index is 409. The van der Waals surface area contributed by atoms with E-state index in [-0.39, 0.29) is 0 Å². The number of fused-ring (bicyclic) bond motifs is 1. The van der Waals surface area contributed by atoms with Crippen LogP contribution in [0.4, 0.5) is 5.82 Å². The molecule has 0 spiro atoms. The zero-order chi connectivity index (χ0) is 8.55. The first kappa shape index (κ1) is 7.09. The lowest BCUT2D eigenvalue weighted by molar-refractivity contribution is 0.921. The van der Waals surface area contributed by atoms with Crippen molar-refractivity contribution in [3.8, 4) is 0 Å². The number of imidazole rings is 1. The van der Waals surface area contributed by atoms with Crippen LogP contribution in [0.1, 0.15) is 0 Å². The molecule has 2 N–H and O–H groups in total. The number of nitrogens with two attached hydrogens (primary N) is 1. The molecule has 2 aromatic heterocycles. The Kier molecular flexibility index (Phi) is 1.46. The van der Waals surface area contributed by atoms with Gasteiger partial charge in [-0.05, 0) is 0 Å². The second-order valence-electron chi connectivity index (χ2n) is 2.35. The number of hydrogen-bond donors (Lipinski definition) is 1. The molecule has 0 aliphatic carbocycles. The number of aromatic nitrogens is 4. The number of rotatable bonds is 1. The third-order valence-corrected chi connectivity index (χ3v) is 1.65. The van der Waals surface area contributed by atoms with Crippen LogP contribution < -0.4 is 11.5 Å². The summed E-state index contributed by atoms with van der Waals surface area (Å²) >= 11 is 0. The molecular weight excluding hydrogens is 153 g/mol. The van der Waals surface area contributed by atoms with Crippen molar-refractivity contribution in [2.24, 2.45) is 0 Å². The smallest absolute Gasteiger partial charge is 0.201 e. The highest BCUT2D eigenvalue weighted by atomic mass is 15.3. The van der Waals surface area contributed by atoms with Gasteiger partial charge in [0.1, 0.15) is 11.8 Å². The Balaban J connectivity index is 2.80. The van der Waals surface area contributed by atoms with Gasteiger partial charge in [0, 0.05) is 0 Å². The second kappa shape index (κ2) is 2.47. The molecule has 0 aromatic carbocycles. The van der Waals surface area contributed by atoms with Crippen molar-refractivity contribution in [1.82, 2.24) is 19.6 Å². The molecule has 0 unspecified atom stereocenters. The van der Waals surface area contributed by atoms with E-state index in [2.05, 4.69) is 15.1 Å². The average Bonchev–Trinajstić information content (AvgIpc) is 2.49. The normalized spacial score (nSPS) is 10.4. The monoisotopic (exact) mass is 160 g/mol. The highest BCUT2D eigenvalue weighted by Crippen LogP contribution is 2.03. The SMILES string of the molecule is C[B]c1ncc2c(N)ncnn12. The van der Waals surface area contributed by atoms with E-state index in [1.165, 1.54) is 6.33 Å². The predicted octanol–water partition coefficient (Wildman–Crippen LogP) is -0.916. The zero-order valence-corrected chi connectivity index (χ0v) is 6.60. The van der Waals surface area contributed by atoms with Gasteiger partial charge in [-0.3, -0.25) is 4.98 Å². The fraction of sp³-hybridized carbons (Fsp3) is 0.167. The Labute approximate surface area is 69.9 Å². The zero-order valence-electron chi connectivity index (χ0n) is 6.60. The van der Waals surface area contributed by atoms with Crippen LogP contribution in [-0.4, -0.2) is 26.9 Å². The van der Waals surface area contributed by atoms with Crippen molar-refractivity contribution in [2.45, 2.75) is 6.82 Å². The van der Waals surface area contributed by atoms with E-state index < -0.39 is 0 Å². The van der Waals surface area contributed by atoms with Crippen LogP contribution in [-0.2, 0) is 0 Å². The van der Waals surface area contributed by atoms with Gasteiger partial charge in [0.2, 0.25) is 7.28 Å². The van der Waals surface area contributed by atoms with E-state index in [1.807, 2.05) is 14.1 Å². The first-order valence-electron chi connectivity index (χ1n) is 3.56. The maximum Gasteiger partial charge on any atom is 0.201 e. The summed E-state index contributed by atoms with van der Waals surface area (Å²) in [6.45, 7) is 1.90. The maximum absolute atomic E-state index is 5.60. The Hall–Kier alpha value is -1.59. The van der Waals surface area contributed by atoms with E-state index in [4.69, 9.17) is 5.73 Å². The van der Waals surface area contributed by atoms with Crippen LogP contribution in [0.15, 0.2) is 12.5 Å². The Morgan fingerprint density at radius 2 is 2.33 bits per heavy atom. The Morgan fingerprint density at radius 1 is 1.50 bits per heavy atom. The van der Waals surface area contributed by atoms with Gasteiger partial charge < -0.3 is 5.73 Å². The van der Waals surface area contributed by atoms with Gasteiger partial charge in [-0.1, -0.05) is 6.82 Å². The van der Waals surface area contributed by atoms with E-state index >= 15 is 0 Å². The van der Waals surface area contributed by atoms with Crippen molar-refractivity contribution >= 4 is 24.3 Å². The van der Waals surface area contributed by atoms with Crippen LogP contribution in [0.2, 0.25) is 6.82 Å². The van der Waals surface area contributed by atoms with Gasteiger partial charge in [-0.2, -0.15) is 5.10 Å². The second-order valence-corrected chi connectivity index (χ2v) is 2.35. The first-order valence-corrected chi connectivity index (χ1v) is 3.56. The molecule has 59 valence electrons. The molecule has 2 rings (SSSR count). The summed E-state index contributed by atoms with van der Waals surface area (Å²) in [5.41, 5.74) is 7.12. The molecule has 0 amide bonds. The average molecular weight is 160 g/mol. The fourth-order valence-electron chi connectivity index (χ4n) is 1.06. The molecule has 0 atom stereocenters. The molecule has 0 saturated carbocycles. The van der Waals surface area contributed by atoms with Gasteiger partial charge in [-0.15, -0.1) is 0 Å². The van der Waals surface area contributed by atoms with Crippen LogP contribution >= 0.6 is 0 Å². The molecule has 1 radical (unpaired) electrons. The van der Waals surface area contributed by atoms with Crippen molar-refractivity contribution in [3.05, 3.63) is 12.5 Å². The van der Waals surface area contributed by atoms with E-state index in [1.54, 1.807) is 10.7 Å². The minimum absolute atomic E-state index is 0.450. The van der Waals surface area contributed by atoms with Gasteiger partial charge >= 0.3 is 0 Å². The third-order valence-electron chi connectivity index (χ3n) is 1.65. The lowest BCUT2D eigenvalue weighted by atomic mass is 9.82. The molecule has 0 aliphatic heterocycles. The van der Waals surface area contributed by atoms with Gasteiger partial charge in [0.05, 0.1) is 11.9 Å². The summed E-state index contributed by atoms with van der Waals surface area (Å²) in [5, 5.41) is 4.00. The van der Waals surface area contributed by atoms with Crippen LogP contribution in [0.5, 0.6) is 0 Å². The maximum atomic E-state index is 5.60. The van der Waals surface area contributed by atoms with Crippen LogP contribution in [0.3, 0.4) is 0 Å². The molecule has 0 bridgehead atoms. The van der Waals surface area contributed by atoms with E-state index in [0.717, 1.165) is 11.2 Å². The van der Waals surface area contributed by atoms with E-state index in [0.29, 0.717) is 5.82 Å². The fourth-order valence-corrected chi connectivity index (χ4v) is 1.06. The first-order chi connectivity index (χ1) is 5.83. The molecule has 5 nitrogen and oxygen atoms in total. The molecule has 6 heteroatoms. The molecular formula is C6H7BN5. The molecule has 0 aliphatic rings. The van der Waals surface area contributed by atoms with Crippen molar-refractivity contribution in [1.29, 1.82) is 0 Å². The summed E-state index contributed by atoms with van der Waals surface area (Å²) in [6.07, 6.45) is 3.07. The summed E-state index contributed by atoms with van der Waals surface area (Å²) in [4.78, 5) is 7.95. The highest BCUT2D eigenvalue weighted by molar-refractivity contribution is 6.49. The number of hydrogen-bond acceptors (Lipinski definition) is 4. The minimum atomic E-state index is 0.450. The third kappa shape index (κ3) is 0.844. The molecule has 2 aromatic rings. The topological polar surface area (TPSA) is 69.1 Å². The minimum Gasteiger partial charge on any atom is -0.382 e. The standard InChI is InChI=1S/C6H7BN5/c1-7-6-9-2-4-5(8)10-3-11-12(4)6/h2-3H,1H3,(H2,8,10,11). The van der Waals surface area contributed by atoms with Gasteiger partial charge in [-0.25, -0.2) is 9.50 Å². The van der Waals surface area contributed by atoms with Crippen molar-refractivity contribution < 1.29 is 0 Å². The Morgan fingerprint density at radius 3 is 3.08 bits per heavy atom. The van der Waals surface area contributed by atoms with E-state index in [9.17, 15) is 0 Å². The largest absolute Gasteiger partial charge is 0.382 e. The number of anilines is 1. The quantitative estimate of drug-likeness (QED) is 0.548. The number of nitrogens with zero attached hydrogens (tertiary/aromatic N) is 4. The predicted molar refractivity (Wildman–Crippen MR) is 46.4 cm³/mol. The molecule has 2 heterocycles. The van der Waals surface area contributed by atoms with Gasteiger partial charge in [0.15, 0.2) is 5.82 Å². The molecule has 12 heavy (non-hydrogen) atoms. The van der Waals surface area contributed by atoms with Crippen molar-refractivity contribution in [3.63, 3.8) is 0 Å². The molecule has 0 saturated heterocycles. The lowest BCUT2D eigenvalue weighted by Gasteiger charge is -1.96. The summed E-state index contributed by atoms with van der Waals surface area (Å²) in [6, 6.07) is 0. The molecule has 0 fully saturated rings. The summed E-state index contributed by atoms with van der Waals surface area (Å²) in [7, 11) is 1.86.